The Morgan fingerprint density at radius 2 is 1.93 bits per heavy atom. The van der Waals surface area contributed by atoms with Crippen LogP contribution in [0.5, 0.6) is 0 Å². The number of guanidine groups is 1. The minimum atomic E-state index is -4.43. The first-order chi connectivity index (χ1) is 13.5. The van der Waals surface area contributed by atoms with Gasteiger partial charge in [0.2, 0.25) is 0 Å². The number of nitrogens with zero attached hydrogens (tertiary/aromatic N) is 2. The maximum Gasteiger partial charge on any atom is 0.434 e. The van der Waals surface area contributed by atoms with E-state index in [4.69, 9.17) is 4.42 Å². The van der Waals surface area contributed by atoms with Crippen LogP contribution in [0, 0.1) is 0 Å². The molecule has 2 heterocycles. The van der Waals surface area contributed by atoms with Gasteiger partial charge < -0.3 is 15.1 Å². The SMILES string of the molecule is FC(F)(F)c1csc(CNC(=NCc2ccccc2)NCCc2ccco2)n1. The zero-order valence-electron chi connectivity index (χ0n) is 14.9. The van der Waals surface area contributed by atoms with Crippen LogP contribution in [0.15, 0.2) is 63.5 Å². The summed E-state index contributed by atoms with van der Waals surface area (Å²) in [6.07, 6.45) is -2.16. The number of halogens is 3. The summed E-state index contributed by atoms with van der Waals surface area (Å²) in [6.45, 7) is 1.17. The fraction of sp³-hybridized carbons (Fsp3) is 0.263. The number of aromatic nitrogens is 1. The van der Waals surface area contributed by atoms with Crippen molar-refractivity contribution in [2.24, 2.45) is 4.99 Å². The van der Waals surface area contributed by atoms with Gasteiger partial charge in [-0.05, 0) is 17.7 Å². The smallest absolute Gasteiger partial charge is 0.434 e. The lowest BCUT2D eigenvalue weighted by molar-refractivity contribution is -0.140. The first-order valence-electron chi connectivity index (χ1n) is 8.61. The van der Waals surface area contributed by atoms with E-state index < -0.39 is 11.9 Å². The van der Waals surface area contributed by atoms with Crippen molar-refractivity contribution in [3.63, 3.8) is 0 Å². The van der Waals surface area contributed by atoms with E-state index in [9.17, 15) is 13.2 Å². The second-order valence-electron chi connectivity index (χ2n) is 5.88. The summed E-state index contributed by atoms with van der Waals surface area (Å²) in [5.41, 5.74) is 0.158. The van der Waals surface area contributed by atoms with Gasteiger partial charge in [-0.1, -0.05) is 30.3 Å². The third-order valence-electron chi connectivity index (χ3n) is 3.76. The number of alkyl halides is 3. The van der Waals surface area contributed by atoms with Crippen molar-refractivity contribution >= 4 is 17.3 Å². The number of benzene rings is 1. The summed E-state index contributed by atoms with van der Waals surface area (Å²) in [6, 6.07) is 13.4. The van der Waals surface area contributed by atoms with Crippen molar-refractivity contribution < 1.29 is 17.6 Å². The highest BCUT2D eigenvalue weighted by Gasteiger charge is 2.33. The summed E-state index contributed by atoms with van der Waals surface area (Å²) in [5, 5.41) is 7.57. The van der Waals surface area contributed by atoms with Gasteiger partial charge in [0.1, 0.15) is 10.8 Å². The maximum absolute atomic E-state index is 12.7. The Morgan fingerprint density at radius 3 is 2.61 bits per heavy atom. The lowest BCUT2D eigenvalue weighted by Crippen LogP contribution is -2.38. The molecule has 0 spiro atoms. The third kappa shape index (κ3) is 6.12. The molecule has 3 rings (SSSR count). The zero-order chi connectivity index (χ0) is 19.8. The highest BCUT2D eigenvalue weighted by molar-refractivity contribution is 7.09. The van der Waals surface area contributed by atoms with Crippen molar-refractivity contribution in [2.75, 3.05) is 6.54 Å². The topological polar surface area (TPSA) is 62.5 Å². The summed E-state index contributed by atoms with van der Waals surface area (Å²) >= 11 is 0.963. The van der Waals surface area contributed by atoms with Gasteiger partial charge in [-0.15, -0.1) is 11.3 Å². The third-order valence-corrected chi connectivity index (χ3v) is 4.60. The minimum Gasteiger partial charge on any atom is -0.469 e. The molecule has 28 heavy (non-hydrogen) atoms. The van der Waals surface area contributed by atoms with E-state index in [-0.39, 0.29) is 6.54 Å². The van der Waals surface area contributed by atoms with Gasteiger partial charge in [0, 0.05) is 18.3 Å². The Labute approximate surface area is 164 Å². The van der Waals surface area contributed by atoms with Crippen LogP contribution in [0.3, 0.4) is 0 Å². The second kappa shape index (κ2) is 9.41. The van der Waals surface area contributed by atoms with Crippen LogP contribution < -0.4 is 10.6 Å². The molecule has 0 radical (unpaired) electrons. The quantitative estimate of drug-likeness (QED) is 0.454. The van der Waals surface area contributed by atoms with E-state index in [1.165, 1.54) is 0 Å². The molecule has 2 aromatic heterocycles. The molecule has 0 saturated heterocycles. The van der Waals surface area contributed by atoms with Gasteiger partial charge in [-0.25, -0.2) is 9.98 Å². The van der Waals surface area contributed by atoms with Crippen molar-refractivity contribution in [1.29, 1.82) is 0 Å². The zero-order valence-corrected chi connectivity index (χ0v) is 15.7. The van der Waals surface area contributed by atoms with Gasteiger partial charge in [-0.2, -0.15) is 13.2 Å². The van der Waals surface area contributed by atoms with Crippen LogP contribution >= 0.6 is 11.3 Å². The standard InChI is InChI=1S/C19H19F3N4OS/c20-19(21,22)16-13-28-17(26-16)12-25-18(23-9-8-15-7-4-10-27-15)24-11-14-5-2-1-3-6-14/h1-7,10,13H,8-9,11-12H2,(H2,23,24,25). The summed E-state index contributed by atoms with van der Waals surface area (Å²) in [7, 11) is 0. The lowest BCUT2D eigenvalue weighted by atomic mass is 10.2. The van der Waals surface area contributed by atoms with Gasteiger partial charge in [0.05, 0.1) is 19.4 Å². The van der Waals surface area contributed by atoms with Crippen LogP contribution in [0.2, 0.25) is 0 Å². The Morgan fingerprint density at radius 1 is 1.11 bits per heavy atom. The second-order valence-corrected chi connectivity index (χ2v) is 6.83. The molecule has 0 amide bonds. The van der Waals surface area contributed by atoms with Gasteiger partial charge in [0.15, 0.2) is 11.7 Å². The van der Waals surface area contributed by atoms with Crippen LogP contribution in [0.4, 0.5) is 13.2 Å². The molecule has 0 aliphatic rings. The van der Waals surface area contributed by atoms with E-state index in [2.05, 4.69) is 20.6 Å². The van der Waals surface area contributed by atoms with E-state index >= 15 is 0 Å². The molecular formula is C19H19F3N4OS. The first-order valence-corrected chi connectivity index (χ1v) is 9.49. The van der Waals surface area contributed by atoms with Crippen molar-refractivity contribution in [3.8, 4) is 0 Å². The number of hydrogen-bond donors (Lipinski definition) is 2. The fourth-order valence-corrected chi connectivity index (χ4v) is 3.11. The number of thiazole rings is 1. The number of hydrogen-bond acceptors (Lipinski definition) is 4. The van der Waals surface area contributed by atoms with Crippen molar-refractivity contribution in [2.45, 2.75) is 25.7 Å². The molecule has 0 aliphatic heterocycles. The molecule has 0 atom stereocenters. The van der Waals surface area contributed by atoms with E-state index in [0.717, 1.165) is 28.0 Å². The normalized spacial score (nSPS) is 12.2. The van der Waals surface area contributed by atoms with E-state index in [0.29, 0.717) is 30.5 Å². The van der Waals surface area contributed by atoms with Gasteiger partial charge >= 0.3 is 6.18 Å². The highest BCUT2D eigenvalue weighted by Crippen LogP contribution is 2.29. The lowest BCUT2D eigenvalue weighted by Gasteiger charge is -2.11. The Kier molecular flexibility index (Phi) is 6.70. The molecule has 0 saturated carbocycles. The van der Waals surface area contributed by atoms with Crippen LogP contribution in [-0.2, 0) is 25.7 Å². The molecule has 0 fully saturated rings. The molecule has 0 unspecified atom stereocenters. The van der Waals surface area contributed by atoms with Gasteiger partial charge in [0.25, 0.3) is 0 Å². The Hall–Kier alpha value is -2.81. The van der Waals surface area contributed by atoms with E-state index in [1.807, 2.05) is 42.5 Å². The largest absolute Gasteiger partial charge is 0.469 e. The predicted octanol–water partition coefficient (Wildman–Crippen LogP) is 4.23. The van der Waals surface area contributed by atoms with Crippen LogP contribution in [-0.4, -0.2) is 17.5 Å². The molecule has 0 aliphatic carbocycles. The molecule has 2 N–H and O–H groups in total. The average molecular weight is 408 g/mol. The summed E-state index contributed by atoms with van der Waals surface area (Å²) in [4.78, 5) is 8.13. The maximum atomic E-state index is 12.7. The molecular weight excluding hydrogens is 389 g/mol. The highest BCUT2D eigenvalue weighted by atomic mass is 32.1. The molecule has 148 valence electrons. The molecule has 9 heteroatoms. The van der Waals surface area contributed by atoms with Crippen molar-refractivity contribution in [3.05, 3.63) is 76.1 Å². The fourth-order valence-electron chi connectivity index (χ4n) is 2.37. The van der Waals surface area contributed by atoms with Crippen LogP contribution in [0.25, 0.3) is 0 Å². The number of furan rings is 1. The summed E-state index contributed by atoms with van der Waals surface area (Å²) < 4.78 is 43.4. The first kappa shape index (κ1) is 19.9. The van der Waals surface area contributed by atoms with Crippen molar-refractivity contribution in [1.82, 2.24) is 15.6 Å². The summed E-state index contributed by atoms with van der Waals surface area (Å²) in [5.74, 6) is 1.34. The Balaban J connectivity index is 1.60. The van der Waals surface area contributed by atoms with E-state index in [1.54, 1.807) is 6.26 Å². The number of aliphatic imine (C=N–C) groups is 1. The molecule has 5 nitrogen and oxygen atoms in total. The number of nitrogens with one attached hydrogen (secondary N) is 2. The monoisotopic (exact) mass is 408 g/mol. The average Bonchev–Trinajstić information content (AvgIpc) is 3.36. The number of rotatable bonds is 7. The molecule has 1 aromatic carbocycles. The Bertz CT molecular complexity index is 876. The van der Waals surface area contributed by atoms with Crippen LogP contribution in [0.1, 0.15) is 22.0 Å². The minimum absolute atomic E-state index is 0.155. The predicted molar refractivity (Wildman–Crippen MR) is 102 cm³/mol. The van der Waals surface area contributed by atoms with Gasteiger partial charge in [-0.3, -0.25) is 0 Å². The molecule has 0 bridgehead atoms. The molecule has 3 aromatic rings.